The molecule has 1 N–H and O–H groups in total. The van der Waals surface area contributed by atoms with E-state index in [1.165, 1.54) is 0 Å². The number of anilines is 1. The fourth-order valence-corrected chi connectivity index (χ4v) is 2.99. The fourth-order valence-electron chi connectivity index (χ4n) is 2.39. The Morgan fingerprint density at radius 2 is 2.18 bits per heavy atom. The molecule has 22 heavy (non-hydrogen) atoms. The summed E-state index contributed by atoms with van der Waals surface area (Å²) in [7, 11) is 1.60. The van der Waals surface area contributed by atoms with Crippen LogP contribution >= 0.6 is 11.9 Å². The predicted octanol–water partition coefficient (Wildman–Crippen LogP) is 1.81. The molecule has 1 aliphatic rings. The molecule has 1 fully saturated rings. The van der Waals surface area contributed by atoms with Crippen LogP contribution in [0.1, 0.15) is 10.4 Å². The monoisotopic (exact) mass is 326 g/mol. The van der Waals surface area contributed by atoms with Crippen molar-refractivity contribution < 1.29 is 19.4 Å². The van der Waals surface area contributed by atoms with E-state index in [9.17, 15) is 9.90 Å². The van der Waals surface area contributed by atoms with Crippen LogP contribution in [0.25, 0.3) is 0 Å². The number of morpholine rings is 1. The first-order chi connectivity index (χ1) is 10.7. The normalized spacial score (nSPS) is 15.5. The van der Waals surface area contributed by atoms with Crippen LogP contribution in [0.3, 0.4) is 0 Å². The van der Waals surface area contributed by atoms with Crippen LogP contribution in [-0.2, 0) is 4.74 Å². The number of aromatic carboxylic acids is 1. The molecule has 0 bridgehead atoms. The van der Waals surface area contributed by atoms with E-state index in [4.69, 9.17) is 9.47 Å². The number of ether oxygens (including phenoxy) is 2. The average molecular weight is 326 g/mol. The van der Waals surface area contributed by atoms with Crippen LogP contribution in [0, 0.1) is 0 Å². The van der Waals surface area contributed by atoms with E-state index in [1.807, 2.05) is 6.26 Å². The maximum atomic E-state index is 11.2. The van der Waals surface area contributed by atoms with E-state index in [-0.39, 0.29) is 5.56 Å². The number of hydrogen-bond acceptors (Lipinski definition) is 6. The van der Waals surface area contributed by atoms with Crippen molar-refractivity contribution in [2.45, 2.75) is 0 Å². The molecule has 1 aliphatic heterocycles. The van der Waals surface area contributed by atoms with E-state index < -0.39 is 5.97 Å². The van der Waals surface area contributed by atoms with Gasteiger partial charge in [0.1, 0.15) is 5.75 Å². The molecule has 0 unspecified atom stereocenters. The quantitative estimate of drug-likeness (QED) is 0.767. The molecule has 1 heterocycles. The highest BCUT2D eigenvalue weighted by Gasteiger charge is 2.17. The van der Waals surface area contributed by atoms with Crippen molar-refractivity contribution in [3.05, 3.63) is 23.8 Å². The molecule has 1 aromatic rings. The maximum Gasteiger partial charge on any atom is 0.335 e. The molecular weight excluding hydrogens is 304 g/mol. The van der Waals surface area contributed by atoms with E-state index in [1.54, 1.807) is 37.3 Å². The zero-order valence-corrected chi connectivity index (χ0v) is 13.8. The van der Waals surface area contributed by atoms with E-state index in [2.05, 4.69) is 9.21 Å². The lowest BCUT2D eigenvalue weighted by Crippen LogP contribution is -2.40. The van der Waals surface area contributed by atoms with E-state index in [0.717, 1.165) is 45.1 Å². The van der Waals surface area contributed by atoms with Gasteiger partial charge < -0.3 is 18.9 Å². The van der Waals surface area contributed by atoms with Gasteiger partial charge in [0.2, 0.25) is 0 Å². The lowest BCUT2D eigenvalue weighted by atomic mass is 10.2. The topological polar surface area (TPSA) is 62.2 Å². The Kier molecular flexibility index (Phi) is 6.35. The number of rotatable bonds is 7. The Labute approximate surface area is 135 Å². The lowest BCUT2D eigenvalue weighted by Gasteiger charge is -2.30. The number of benzene rings is 1. The summed E-state index contributed by atoms with van der Waals surface area (Å²) in [5, 5.41) is 9.17. The van der Waals surface area contributed by atoms with Crippen molar-refractivity contribution in [2.24, 2.45) is 0 Å². The SMILES string of the molecule is COc1ccc(C(=O)O)cc1N(CCN1CCOCC1)SC. The van der Waals surface area contributed by atoms with Crippen LogP contribution < -0.4 is 9.04 Å². The Balaban J connectivity index is 2.10. The number of hydrogen-bond donors (Lipinski definition) is 1. The van der Waals surface area contributed by atoms with Gasteiger partial charge >= 0.3 is 5.97 Å². The Morgan fingerprint density at radius 3 is 2.77 bits per heavy atom. The Hall–Kier alpha value is -1.44. The minimum absolute atomic E-state index is 0.265. The highest BCUT2D eigenvalue weighted by Crippen LogP contribution is 2.32. The third-order valence-corrected chi connectivity index (χ3v) is 4.46. The molecule has 7 heteroatoms. The number of nitrogens with zero attached hydrogens (tertiary/aromatic N) is 2. The number of carbonyl (C=O) groups is 1. The van der Waals surface area contributed by atoms with E-state index >= 15 is 0 Å². The third kappa shape index (κ3) is 4.28. The molecule has 0 radical (unpaired) electrons. The largest absolute Gasteiger partial charge is 0.495 e. The molecular formula is C15H22N2O4S. The molecule has 122 valence electrons. The second-order valence-corrected chi connectivity index (χ2v) is 5.74. The predicted molar refractivity (Wildman–Crippen MR) is 88.1 cm³/mol. The molecule has 0 saturated carbocycles. The van der Waals surface area contributed by atoms with Crippen molar-refractivity contribution in [1.29, 1.82) is 0 Å². The summed E-state index contributed by atoms with van der Waals surface area (Å²) in [6.45, 7) is 5.13. The summed E-state index contributed by atoms with van der Waals surface area (Å²) in [6, 6.07) is 4.93. The van der Waals surface area contributed by atoms with Crippen LogP contribution in [0.15, 0.2) is 18.2 Å². The van der Waals surface area contributed by atoms with Gasteiger partial charge in [0, 0.05) is 32.4 Å². The van der Waals surface area contributed by atoms with Gasteiger partial charge in [0.25, 0.3) is 0 Å². The summed E-state index contributed by atoms with van der Waals surface area (Å²) in [5.41, 5.74) is 1.06. The number of carboxylic acids is 1. The highest BCUT2D eigenvalue weighted by molar-refractivity contribution is 7.99. The van der Waals surface area contributed by atoms with Gasteiger partial charge in [-0.2, -0.15) is 0 Å². The minimum atomic E-state index is -0.932. The van der Waals surface area contributed by atoms with Gasteiger partial charge in [-0.05, 0) is 18.2 Å². The van der Waals surface area contributed by atoms with Gasteiger partial charge in [0.15, 0.2) is 0 Å². The van der Waals surface area contributed by atoms with Crippen LogP contribution in [-0.4, -0.2) is 68.7 Å². The van der Waals surface area contributed by atoms with Crippen LogP contribution in [0.4, 0.5) is 5.69 Å². The molecule has 0 atom stereocenters. The minimum Gasteiger partial charge on any atom is -0.495 e. The van der Waals surface area contributed by atoms with Gasteiger partial charge in [0.05, 0.1) is 31.6 Å². The molecule has 0 aromatic heterocycles. The molecule has 0 amide bonds. The summed E-state index contributed by atoms with van der Waals surface area (Å²) in [5.74, 6) is -0.250. The second kappa shape index (κ2) is 8.26. The zero-order chi connectivity index (χ0) is 15.9. The number of methoxy groups -OCH3 is 1. The van der Waals surface area contributed by atoms with Gasteiger partial charge in [-0.25, -0.2) is 4.79 Å². The van der Waals surface area contributed by atoms with Gasteiger partial charge in [-0.3, -0.25) is 4.90 Å². The van der Waals surface area contributed by atoms with Crippen molar-refractivity contribution in [2.75, 3.05) is 57.1 Å². The smallest absolute Gasteiger partial charge is 0.335 e. The first kappa shape index (κ1) is 16.9. The van der Waals surface area contributed by atoms with Crippen LogP contribution in [0.5, 0.6) is 5.75 Å². The standard InChI is InChI=1S/C15H22N2O4S/c1-20-14-4-3-12(15(18)19)11-13(14)17(22-2)6-5-16-7-9-21-10-8-16/h3-4,11H,5-10H2,1-2H3,(H,18,19). The van der Waals surface area contributed by atoms with Crippen LogP contribution in [0.2, 0.25) is 0 Å². The van der Waals surface area contributed by atoms with Crippen molar-refractivity contribution in [1.82, 2.24) is 4.90 Å². The molecule has 0 aliphatic carbocycles. The molecule has 1 saturated heterocycles. The lowest BCUT2D eigenvalue weighted by molar-refractivity contribution is 0.0395. The molecule has 0 spiro atoms. The molecule has 6 nitrogen and oxygen atoms in total. The summed E-state index contributed by atoms with van der Waals surface area (Å²) < 4.78 is 12.8. The number of carboxylic acid groups (broad SMARTS) is 1. The van der Waals surface area contributed by atoms with Crippen molar-refractivity contribution >= 4 is 23.6 Å². The summed E-state index contributed by atoms with van der Waals surface area (Å²) in [6.07, 6.45) is 1.98. The maximum absolute atomic E-state index is 11.2. The fraction of sp³-hybridized carbons (Fsp3) is 0.533. The average Bonchev–Trinajstić information content (AvgIpc) is 2.56. The summed E-state index contributed by atoms with van der Waals surface area (Å²) >= 11 is 1.56. The summed E-state index contributed by atoms with van der Waals surface area (Å²) in [4.78, 5) is 13.5. The molecule has 1 aromatic carbocycles. The third-order valence-electron chi connectivity index (χ3n) is 3.64. The second-order valence-electron chi connectivity index (χ2n) is 4.93. The van der Waals surface area contributed by atoms with Gasteiger partial charge in [-0.15, -0.1) is 0 Å². The first-order valence-corrected chi connectivity index (χ1v) is 8.37. The van der Waals surface area contributed by atoms with Crippen molar-refractivity contribution in [3.8, 4) is 5.75 Å². The Morgan fingerprint density at radius 1 is 1.45 bits per heavy atom. The van der Waals surface area contributed by atoms with Gasteiger partial charge in [-0.1, -0.05) is 11.9 Å². The van der Waals surface area contributed by atoms with E-state index in [0.29, 0.717) is 5.75 Å². The Bertz CT molecular complexity index is 506. The van der Waals surface area contributed by atoms with Crippen molar-refractivity contribution in [3.63, 3.8) is 0 Å². The molecule has 2 rings (SSSR count). The first-order valence-electron chi connectivity index (χ1n) is 7.18. The zero-order valence-electron chi connectivity index (χ0n) is 12.9. The highest BCUT2D eigenvalue weighted by atomic mass is 32.2.